The minimum atomic E-state index is -0.656. The molecule has 1 atom stereocenters. The van der Waals surface area contributed by atoms with Crippen LogP contribution in [0.1, 0.15) is 37.4 Å². The molecule has 0 aliphatic heterocycles. The van der Waals surface area contributed by atoms with Crippen molar-refractivity contribution in [2.24, 2.45) is 0 Å². The van der Waals surface area contributed by atoms with E-state index in [2.05, 4.69) is 10.4 Å². The van der Waals surface area contributed by atoms with Gasteiger partial charge in [-0.3, -0.25) is 9.59 Å². The summed E-state index contributed by atoms with van der Waals surface area (Å²) in [6.07, 6.45) is 4.17. The highest BCUT2D eigenvalue weighted by Crippen LogP contribution is 2.38. The molecule has 1 aliphatic rings. The minimum Gasteiger partial charge on any atom is -0.323 e. The Labute approximate surface area is 139 Å². The first-order valence-corrected chi connectivity index (χ1v) is 8.86. The molecule has 6 heteroatoms. The van der Waals surface area contributed by atoms with Gasteiger partial charge in [0.2, 0.25) is 5.91 Å². The number of carbonyl (C=O) groups excluding carboxylic acids is 1. The van der Waals surface area contributed by atoms with Gasteiger partial charge < -0.3 is 5.32 Å². The standard InChI is InChI=1S/C17H19N3O2S/c1-11(17(22)18-14-5-3-4-6-15(14)23-2)20-16(21)10-9-13(19-20)12-7-8-12/h3-6,9-12H,7-8H2,1-2H3,(H,18,22)/t11-/m0/s1. The lowest BCUT2D eigenvalue weighted by Crippen LogP contribution is -2.33. The van der Waals surface area contributed by atoms with Gasteiger partial charge >= 0.3 is 0 Å². The number of carbonyl (C=O) groups is 1. The molecule has 1 N–H and O–H groups in total. The third kappa shape index (κ3) is 3.47. The number of nitrogens with zero attached hydrogens (tertiary/aromatic N) is 2. The van der Waals surface area contributed by atoms with Gasteiger partial charge in [-0.1, -0.05) is 12.1 Å². The summed E-state index contributed by atoms with van der Waals surface area (Å²) >= 11 is 1.56. The third-order valence-corrected chi connectivity index (χ3v) is 4.75. The fourth-order valence-electron chi connectivity index (χ4n) is 2.41. The first-order chi connectivity index (χ1) is 11.1. The summed E-state index contributed by atoms with van der Waals surface area (Å²) in [5.74, 6) is 0.198. The molecule has 0 saturated heterocycles. The van der Waals surface area contributed by atoms with Crippen molar-refractivity contribution in [2.45, 2.75) is 36.6 Å². The van der Waals surface area contributed by atoms with Crippen LogP contribution in [0.3, 0.4) is 0 Å². The van der Waals surface area contributed by atoms with Gasteiger partial charge in [0.1, 0.15) is 6.04 Å². The molecule has 1 fully saturated rings. The molecule has 0 spiro atoms. The van der Waals surface area contributed by atoms with Crippen molar-refractivity contribution in [1.82, 2.24) is 9.78 Å². The number of hydrogen-bond acceptors (Lipinski definition) is 4. The summed E-state index contributed by atoms with van der Waals surface area (Å²) in [4.78, 5) is 25.5. The van der Waals surface area contributed by atoms with Gasteiger partial charge in [-0.25, -0.2) is 4.68 Å². The van der Waals surface area contributed by atoms with E-state index in [9.17, 15) is 9.59 Å². The van der Waals surface area contributed by atoms with E-state index in [-0.39, 0.29) is 11.5 Å². The van der Waals surface area contributed by atoms with Gasteiger partial charge in [0.05, 0.1) is 11.4 Å². The second-order valence-corrected chi connectivity index (χ2v) is 6.53. The Balaban J connectivity index is 1.82. The van der Waals surface area contributed by atoms with E-state index < -0.39 is 6.04 Å². The third-order valence-electron chi connectivity index (χ3n) is 3.95. The maximum Gasteiger partial charge on any atom is 0.267 e. The van der Waals surface area contributed by atoms with E-state index in [1.807, 2.05) is 30.5 Å². The van der Waals surface area contributed by atoms with E-state index in [1.54, 1.807) is 24.8 Å². The van der Waals surface area contributed by atoms with E-state index in [4.69, 9.17) is 0 Å². The van der Waals surface area contributed by atoms with E-state index in [1.165, 1.54) is 10.7 Å². The first-order valence-electron chi connectivity index (χ1n) is 7.64. The van der Waals surface area contributed by atoms with Gasteiger partial charge in [0, 0.05) is 16.9 Å². The smallest absolute Gasteiger partial charge is 0.267 e. The summed E-state index contributed by atoms with van der Waals surface area (Å²) < 4.78 is 1.28. The average Bonchev–Trinajstić information content (AvgIpc) is 3.40. The normalized spacial score (nSPS) is 15.2. The number of nitrogens with one attached hydrogen (secondary N) is 1. The van der Waals surface area contributed by atoms with Crippen LogP contribution >= 0.6 is 11.8 Å². The number of amides is 1. The number of anilines is 1. The van der Waals surface area contributed by atoms with Gasteiger partial charge in [0.25, 0.3) is 5.56 Å². The van der Waals surface area contributed by atoms with Crippen molar-refractivity contribution in [1.29, 1.82) is 0 Å². The summed E-state index contributed by atoms with van der Waals surface area (Å²) in [7, 11) is 0. The van der Waals surface area contributed by atoms with Crippen LogP contribution in [0, 0.1) is 0 Å². The Kier molecular flexibility index (Phi) is 4.52. The van der Waals surface area contributed by atoms with Crippen molar-refractivity contribution >= 4 is 23.4 Å². The Morgan fingerprint density at radius 2 is 2.04 bits per heavy atom. The summed E-state index contributed by atoms with van der Waals surface area (Å²) in [6.45, 7) is 1.70. The predicted octanol–water partition coefficient (Wildman–Crippen LogP) is 3.04. The van der Waals surface area contributed by atoms with Crippen LogP contribution in [0.15, 0.2) is 46.1 Å². The zero-order valence-electron chi connectivity index (χ0n) is 13.2. The molecule has 1 aliphatic carbocycles. The zero-order chi connectivity index (χ0) is 16.4. The van der Waals surface area contributed by atoms with Crippen LogP contribution in [-0.2, 0) is 4.79 Å². The number of benzene rings is 1. The highest BCUT2D eigenvalue weighted by molar-refractivity contribution is 7.98. The van der Waals surface area contributed by atoms with Crippen molar-refractivity contribution in [3.05, 3.63) is 52.4 Å². The van der Waals surface area contributed by atoms with Crippen LogP contribution in [0.4, 0.5) is 5.69 Å². The van der Waals surface area contributed by atoms with Crippen molar-refractivity contribution in [3.8, 4) is 0 Å². The molecular weight excluding hydrogens is 310 g/mol. The SMILES string of the molecule is CSc1ccccc1NC(=O)[C@H](C)n1nc(C2CC2)ccc1=O. The average molecular weight is 329 g/mol. The molecular formula is C17H19N3O2S. The molecule has 1 heterocycles. The van der Waals surface area contributed by atoms with E-state index >= 15 is 0 Å². The highest BCUT2D eigenvalue weighted by Gasteiger charge is 2.27. The van der Waals surface area contributed by atoms with Crippen LogP contribution in [-0.4, -0.2) is 21.9 Å². The molecule has 23 heavy (non-hydrogen) atoms. The Morgan fingerprint density at radius 1 is 1.30 bits per heavy atom. The van der Waals surface area contributed by atoms with Gasteiger partial charge in [-0.15, -0.1) is 11.8 Å². The molecule has 0 radical (unpaired) electrons. The van der Waals surface area contributed by atoms with Gasteiger partial charge in [-0.2, -0.15) is 5.10 Å². The van der Waals surface area contributed by atoms with E-state index in [0.717, 1.165) is 29.1 Å². The summed E-state index contributed by atoms with van der Waals surface area (Å²) in [5, 5.41) is 7.27. The minimum absolute atomic E-state index is 0.242. The number of rotatable bonds is 5. The quantitative estimate of drug-likeness (QED) is 0.856. The molecule has 2 aromatic rings. The largest absolute Gasteiger partial charge is 0.323 e. The van der Waals surface area contributed by atoms with Gasteiger partial charge in [-0.05, 0) is 44.2 Å². The number of thioether (sulfide) groups is 1. The molecule has 120 valence electrons. The molecule has 1 saturated carbocycles. The Bertz CT molecular complexity index is 783. The topological polar surface area (TPSA) is 64.0 Å². The monoisotopic (exact) mass is 329 g/mol. The number of para-hydroxylation sites is 1. The van der Waals surface area contributed by atoms with Crippen molar-refractivity contribution in [2.75, 3.05) is 11.6 Å². The fraction of sp³-hybridized carbons (Fsp3) is 0.353. The number of aromatic nitrogens is 2. The lowest BCUT2D eigenvalue weighted by atomic mass is 10.2. The molecule has 5 nitrogen and oxygen atoms in total. The molecule has 0 unspecified atom stereocenters. The molecule has 1 amide bonds. The fourth-order valence-corrected chi connectivity index (χ4v) is 2.96. The van der Waals surface area contributed by atoms with Crippen LogP contribution in [0.2, 0.25) is 0 Å². The van der Waals surface area contributed by atoms with Gasteiger partial charge in [0.15, 0.2) is 0 Å². The lowest BCUT2D eigenvalue weighted by Gasteiger charge is -2.16. The first kappa shape index (κ1) is 15.8. The Hall–Kier alpha value is -2.08. The van der Waals surface area contributed by atoms with E-state index in [0.29, 0.717) is 5.92 Å². The van der Waals surface area contributed by atoms with Crippen LogP contribution in [0.5, 0.6) is 0 Å². The van der Waals surface area contributed by atoms with Crippen LogP contribution < -0.4 is 10.9 Å². The van der Waals surface area contributed by atoms with Crippen molar-refractivity contribution in [3.63, 3.8) is 0 Å². The second kappa shape index (κ2) is 6.58. The molecule has 1 aromatic heterocycles. The molecule has 1 aromatic carbocycles. The molecule has 3 rings (SSSR count). The zero-order valence-corrected chi connectivity index (χ0v) is 14.0. The maximum atomic E-state index is 12.5. The second-order valence-electron chi connectivity index (χ2n) is 5.68. The van der Waals surface area contributed by atoms with Crippen molar-refractivity contribution < 1.29 is 4.79 Å². The Morgan fingerprint density at radius 3 is 2.74 bits per heavy atom. The number of hydrogen-bond donors (Lipinski definition) is 1. The summed E-state index contributed by atoms with van der Waals surface area (Å²) in [6, 6.07) is 10.2. The summed E-state index contributed by atoms with van der Waals surface area (Å²) in [5.41, 5.74) is 1.40. The maximum absolute atomic E-state index is 12.5. The van der Waals surface area contributed by atoms with Crippen LogP contribution in [0.25, 0.3) is 0 Å². The highest BCUT2D eigenvalue weighted by atomic mass is 32.2. The lowest BCUT2D eigenvalue weighted by molar-refractivity contribution is -0.119. The molecule has 0 bridgehead atoms. The predicted molar refractivity (Wildman–Crippen MR) is 92.0 cm³/mol.